The lowest BCUT2D eigenvalue weighted by Gasteiger charge is -2.07. The zero-order valence-corrected chi connectivity index (χ0v) is 11.2. The Labute approximate surface area is 113 Å². The van der Waals surface area contributed by atoms with Crippen LogP contribution in [-0.4, -0.2) is 31.7 Å². The highest BCUT2D eigenvalue weighted by atomic mass is 32.1. The molecule has 0 spiro atoms. The quantitative estimate of drug-likeness (QED) is 0.658. The highest BCUT2D eigenvalue weighted by Crippen LogP contribution is 2.20. The molecule has 0 saturated heterocycles. The van der Waals surface area contributed by atoms with Gasteiger partial charge in [0.15, 0.2) is 5.65 Å². The van der Waals surface area contributed by atoms with Gasteiger partial charge in [0, 0.05) is 11.9 Å². The summed E-state index contributed by atoms with van der Waals surface area (Å²) in [7, 11) is 0. The first kappa shape index (κ1) is 11.8. The maximum atomic E-state index is 4.44. The Morgan fingerprint density at radius 1 is 1.32 bits per heavy atom. The van der Waals surface area contributed by atoms with Gasteiger partial charge in [0.2, 0.25) is 5.95 Å². The molecule has 0 saturated carbocycles. The third-order valence-corrected chi connectivity index (χ3v) is 3.20. The summed E-state index contributed by atoms with van der Waals surface area (Å²) in [6, 6.07) is 0. The average Bonchev–Trinajstić information content (AvgIpc) is 3.07. The fourth-order valence-electron chi connectivity index (χ4n) is 1.71. The topological polar surface area (TPSA) is 91.4 Å². The number of H-pyrrole nitrogens is 1. The van der Waals surface area contributed by atoms with Crippen molar-refractivity contribution in [3.63, 3.8) is 0 Å². The van der Waals surface area contributed by atoms with Gasteiger partial charge in [0.05, 0.1) is 29.3 Å². The van der Waals surface area contributed by atoms with Crippen molar-refractivity contribution in [2.24, 2.45) is 0 Å². The fourth-order valence-corrected chi connectivity index (χ4v) is 2.26. The Bertz CT molecular complexity index is 661. The molecule has 0 aliphatic carbocycles. The first-order valence-electron chi connectivity index (χ1n) is 5.92. The second-order valence-electron chi connectivity index (χ2n) is 3.89. The molecule has 0 fully saturated rings. The summed E-state index contributed by atoms with van der Waals surface area (Å²) in [5.74, 6) is 1.34. The number of hydrogen-bond donors (Lipinski definition) is 3. The molecular formula is C11H13N7S. The van der Waals surface area contributed by atoms with Gasteiger partial charge >= 0.3 is 0 Å². The van der Waals surface area contributed by atoms with Crippen LogP contribution in [0.1, 0.15) is 12.6 Å². The largest absolute Gasteiger partial charge is 0.364 e. The van der Waals surface area contributed by atoms with E-state index >= 15 is 0 Å². The summed E-state index contributed by atoms with van der Waals surface area (Å²) in [6.45, 7) is 3.40. The maximum absolute atomic E-state index is 4.44. The maximum Gasteiger partial charge on any atom is 0.226 e. The van der Waals surface area contributed by atoms with Crippen molar-refractivity contribution in [2.75, 3.05) is 17.2 Å². The molecule has 7 nitrogen and oxygen atoms in total. The number of nitrogens with one attached hydrogen (secondary N) is 3. The van der Waals surface area contributed by atoms with Crippen LogP contribution in [0.5, 0.6) is 0 Å². The van der Waals surface area contributed by atoms with E-state index in [-0.39, 0.29) is 0 Å². The van der Waals surface area contributed by atoms with E-state index in [4.69, 9.17) is 0 Å². The van der Waals surface area contributed by atoms with Gasteiger partial charge in [0.25, 0.3) is 0 Å². The van der Waals surface area contributed by atoms with Crippen molar-refractivity contribution in [3.05, 3.63) is 22.8 Å². The molecule has 0 aliphatic rings. The summed E-state index contributed by atoms with van der Waals surface area (Å²) < 4.78 is 0. The molecule has 0 atom stereocenters. The summed E-state index contributed by atoms with van der Waals surface area (Å²) in [5, 5.41) is 16.1. The van der Waals surface area contributed by atoms with Gasteiger partial charge in [0.1, 0.15) is 5.82 Å². The van der Waals surface area contributed by atoms with E-state index in [0.717, 1.165) is 23.4 Å². The Balaban J connectivity index is 1.89. The fraction of sp³-hybridized carbons (Fsp3) is 0.273. The van der Waals surface area contributed by atoms with E-state index < -0.39 is 0 Å². The number of thiazole rings is 1. The predicted molar refractivity (Wildman–Crippen MR) is 75.3 cm³/mol. The van der Waals surface area contributed by atoms with Gasteiger partial charge in [-0.3, -0.25) is 5.10 Å². The molecule has 0 bridgehead atoms. The number of hydrogen-bond acceptors (Lipinski definition) is 7. The number of nitrogens with zero attached hydrogens (tertiary/aromatic N) is 4. The molecular weight excluding hydrogens is 262 g/mol. The summed E-state index contributed by atoms with van der Waals surface area (Å²) >= 11 is 1.58. The minimum absolute atomic E-state index is 0.583. The minimum Gasteiger partial charge on any atom is -0.364 e. The monoisotopic (exact) mass is 275 g/mol. The third kappa shape index (κ3) is 2.48. The number of anilines is 2. The van der Waals surface area contributed by atoms with Crippen LogP contribution in [0, 0.1) is 0 Å². The molecule has 0 amide bonds. The summed E-state index contributed by atoms with van der Waals surface area (Å²) in [5.41, 5.74) is 3.52. The summed E-state index contributed by atoms with van der Waals surface area (Å²) in [6.07, 6.45) is 1.72. The lowest BCUT2D eigenvalue weighted by Crippen LogP contribution is -2.07. The van der Waals surface area contributed by atoms with Crippen LogP contribution in [0.4, 0.5) is 11.8 Å². The second kappa shape index (κ2) is 5.19. The average molecular weight is 275 g/mol. The van der Waals surface area contributed by atoms with E-state index in [0.29, 0.717) is 18.1 Å². The van der Waals surface area contributed by atoms with Gasteiger partial charge in [-0.15, -0.1) is 11.3 Å². The minimum atomic E-state index is 0.583. The molecule has 3 N–H and O–H groups in total. The van der Waals surface area contributed by atoms with Gasteiger partial charge in [-0.2, -0.15) is 15.1 Å². The number of rotatable bonds is 5. The van der Waals surface area contributed by atoms with Crippen molar-refractivity contribution in [3.8, 4) is 0 Å². The normalized spacial score (nSPS) is 10.8. The predicted octanol–water partition coefficient (Wildman–Crippen LogP) is 1.85. The highest BCUT2D eigenvalue weighted by Gasteiger charge is 2.09. The zero-order valence-electron chi connectivity index (χ0n) is 10.3. The molecule has 0 aliphatic heterocycles. The van der Waals surface area contributed by atoms with Crippen molar-refractivity contribution >= 4 is 34.1 Å². The molecule has 3 aromatic rings. The zero-order chi connectivity index (χ0) is 13.1. The van der Waals surface area contributed by atoms with Crippen molar-refractivity contribution < 1.29 is 0 Å². The molecule has 0 radical (unpaired) electrons. The standard InChI is InChI=1S/C11H13N7S/c1-2-12-11-16-9(8-4-15-18-10(8)17-11)13-3-7-5-19-6-14-7/h4-6H,2-3H2,1H3,(H3,12,13,15,16,17,18). The molecule has 0 aromatic carbocycles. The second-order valence-corrected chi connectivity index (χ2v) is 4.61. The van der Waals surface area contributed by atoms with Crippen molar-refractivity contribution in [2.45, 2.75) is 13.5 Å². The molecule has 3 heterocycles. The van der Waals surface area contributed by atoms with Crippen LogP contribution in [-0.2, 0) is 6.54 Å². The van der Waals surface area contributed by atoms with E-state index in [1.807, 2.05) is 17.8 Å². The van der Waals surface area contributed by atoms with E-state index in [1.165, 1.54) is 0 Å². The highest BCUT2D eigenvalue weighted by molar-refractivity contribution is 7.07. The first-order chi connectivity index (χ1) is 9.36. The lowest BCUT2D eigenvalue weighted by molar-refractivity contribution is 1.04. The third-order valence-electron chi connectivity index (χ3n) is 2.57. The molecule has 3 aromatic heterocycles. The number of aromatic amines is 1. The van der Waals surface area contributed by atoms with Crippen LogP contribution >= 0.6 is 11.3 Å². The smallest absolute Gasteiger partial charge is 0.226 e. The summed E-state index contributed by atoms with van der Waals surface area (Å²) in [4.78, 5) is 13.0. The van der Waals surface area contributed by atoms with Crippen molar-refractivity contribution in [1.29, 1.82) is 0 Å². The van der Waals surface area contributed by atoms with E-state index in [9.17, 15) is 0 Å². The van der Waals surface area contributed by atoms with Gasteiger partial charge in [-0.1, -0.05) is 0 Å². The molecule has 19 heavy (non-hydrogen) atoms. The number of aromatic nitrogens is 5. The molecule has 8 heteroatoms. The van der Waals surface area contributed by atoms with E-state index in [1.54, 1.807) is 17.5 Å². The number of fused-ring (bicyclic) bond motifs is 1. The lowest BCUT2D eigenvalue weighted by atomic mass is 10.4. The van der Waals surface area contributed by atoms with Gasteiger partial charge < -0.3 is 10.6 Å². The van der Waals surface area contributed by atoms with E-state index in [2.05, 4.69) is 35.8 Å². The van der Waals surface area contributed by atoms with Crippen LogP contribution < -0.4 is 10.6 Å². The van der Waals surface area contributed by atoms with Gasteiger partial charge in [-0.25, -0.2) is 4.98 Å². The Hall–Kier alpha value is -2.22. The Kier molecular flexibility index (Phi) is 3.23. The van der Waals surface area contributed by atoms with Crippen LogP contribution in [0.15, 0.2) is 17.1 Å². The van der Waals surface area contributed by atoms with Crippen LogP contribution in [0.25, 0.3) is 11.0 Å². The Morgan fingerprint density at radius 3 is 3.05 bits per heavy atom. The molecule has 98 valence electrons. The van der Waals surface area contributed by atoms with Crippen molar-refractivity contribution in [1.82, 2.24) is 25.1 Å². The SMILES string of the molecule is CCNc1nc(NCc2cscn2)c2cn[nH]c2n1. The Morgan fingerprint density at radius 2 is 2.26 bits per heavy atom. The molecule has 0 unspecified atom stereocenters. The molecule has 3 rings (SSSR count). The van der Waals surface area contributed by atoms with Crippen LogP contribution in [0.2, 0.25) is 0 Å². The van der Waals surface area contributed by atoms with Gasteiger partial charge in [-0.05, 0) is 6.92 Å². The first-order valence-corrected chi connectivity index (χ1v) is 6.87. The van der Waals surface area contributed by atoms with Crippen LogP contribution in [0.3, 0.4) is 0 Å².